The average molecular weight is 531 g/mol. The molecule has 4 heterocycles. The van der Waals surface area contributed by atoms with Crippen LogP contribution in [-0.2, 0) is 5.41 Å². The van der Waals surface area contributed by atoms with Gasteiger partial charge in [-0.1, -0.05) is 92.7 Å². The molecule has 0 amide bonds. The van der Waals surface area contributed by atoms with Gasteiger partial charge in [0.05, 0.1) is 5.00 Å². The highest BCUT2D eigenvalue weighted by molar-refractivity contribution is 7.26. The van der Waals surface area contributed by atoms with E-state index >= 15 is 0 Å². The van der Waals surface area contributed by atoms with Gasteiger partial charge in [-0.2, -0.15) is 0 Å². The number of thiophene rings is 1. The summed E-state index contributed by atoms with van der Waals surface area (Å²) in [6.45, 7) is 7.11. The van der Waals surface area contributed by atoms with Gasteiger partial charge in [0.1, 0.15) is 0 Å². The molecule has 0 fully saturated rings. The Kier molecular flexibility index (Phi) is 4.32. The summed E-state index contributed by atoms with van der Waals surface area (Å²) in [5.41, 5.74) is 14.7. The van der Waals surface area contributed by atoms with Crippen molar-refractivity contribution in [1.82, 2.24) is 0 Å². The molecule has 4 heteroatoms. The highest BCUT2D eigenvalue weighted by Crippen LogP contribution is 2.56. The molecule has 1 aromatic heterocycles. The van der Waals surface area contributed by atoms with E-state index in [0.717, 1.165) is 0 Å². The summed E-state index contributed by atoms with van der Waals surface area (Å²) in [6, 6.07) is 40.8. The van der Waals surface area contributed by atoms with E-state index in [0.29, 0.717) is 0 Å². The monoisotopic (exact) mass is 530 g/mol. The summed E-state index contributed by atoms with van der Waals surface area (Å²) < 4.78 is 1.34. The van der Waals surface area contributed by atoms with Crippen molar-refractivity contribution in [3.05, 3.63) is 126 Å². The third kappa shape index (κ3) is 2.70. The van der Waals surface area contributed by atoms with Crippen LogP contribution in [-0.4, -0.2) is 6.85 Å². The molecule has 0 bridgehead atoms. The maximum Gasteiger partial charge on any atom is 0.334 e. The van der Waals surface area contributed by atoms with Crippen LogP contribution in [0.3, 0.4) is 0 Å². The fourth-order valence-electron chi connectivity index (χ4n) is 7.57. The molecule has 0 atom stereocenters. The molecule has 0 saturated carbocycles. The van der Waals surface area contributed by atoms with Gasteiger partial charge in [0.15, 0.2) is 0 Å². The fraction of sp³-hybridized carbons (Fsp3) is 0.111. The zero-order valence-corrected chi connectivity index (χ0v) is 23.6. The summed E-state index contributed by atoms with van der Waals surface area (Å²) >= 11 is 1.92. The predicted molar refractivity (Wildman–Crippen MR) is 172 cm³/mol. The standard InChI is InChI=1S/C36H27BN2S/c1-22-20-26-24-15-11-17-28-34(24)39(29-18-9-8-16-27(29)36(28,2)3)37-32(26)30(21-22)38(23-12-5-4-6-13-23)35-33(37)25-14-7-10-19-31(25)40-35/h4-21H,1-3H3. The number of rotatable bonds is 1. The van der Waals surface area contributed by atoms with Crippen LogP contribution < -0.4 is 20.6 Å². The zero-order chi connectivity index (χ0) is 26.7. The molecule has 3 aliphatic rings. The molecule has 0 aliphatic carbocycles. The third-order valence-corrected chi connectivity index (χ3v) is 10.4. The third-order valence-electron chi connectivity index (χ3n) is 9.26. The van der Waals surface area contributed by atoms with Crippen molar-refractivity contribution in [1.29, 1.82) is 0 Å². The smallest absolute Gasteiger partial charge is 0.334 e. The first-order valence-electron chi connectivity index (χ1n) is 14.1. The zero-order valence-electron chi connectivity index (χ0n) is 22.8. The van der Waals surface area contributed by atoms with E-state index in [-0.39, 0.29) is 12.3 Å². The maximum absolute atomic E-state index is 2.69. The van der Waals surface area contributed by atoms with Crippen molar-refractivity contribution in [2.75, 3.05) is 9.71 Å². The van der Waals surface area contributed by atoms with E-state index in [9.17, 15) is 0 Å². The van der Waals surface area contributed by atoms with E-state index in [1.807, 2.05) is 11.3 Å². The van der Waals surface area contributed by atoms with Crippen molar-refractivity contribution < 1.29 is 0 Å². The topological polar surface area (TPSA) is 6.48 Å². The first kappa shape index (κ1) is 22.5. The van der Waals surface area contributed by atoms with E-state index < -0.39 is 0 Å². The summed E-state index contributed by atoms with van der Waals surface area (Å²) in [4.78, 5) is 5.21. The van der Waals surface area contributed by atoms with Gasteiger partial charge in [-0.25, -0.2) is 0 Å². The molecule has 0 N–H and O–H groups in total. The lowest BCUT2D eigenvalue weighted by atomic mass is 9.42. The second kappa shape index (κ2) is 7.68. The van der Waals surface area contributed by atoms with Crippen LogP contribution in [0.25, 0.3) is 21.2 Å². The molecule has 2 nitrogen and oxygen atoms in total. The van der Waals surface area contributed by atoms with E-state index in [2.05, 4.69) is 140 Å². The summed E-state index contributed by atoms with van der Waals surface area (Å²) in [5, 5.41) is 2.68. The predicted octanol–water partition coefficient (Wildman–Crippen LogP) is 8.56. The van der Waals surface area contributed by atoms with Crippen LogP contribution in [0.2, 0.25) is 0 Å². The first-order chi connectivity index (χ1) is 19.5. The SMILES string of the molecule is Cc1cc2c3c(c1)N(c1ccccc1)c1sc4ccccc4c1B3N1c3ccccc3C(C)(C)c3cccc-2c31. The number of para-hydroxylation sites is 3. The molecular weight excluding hydrogens is 503 g/mol. The van der Waals surface area contributed by atoms with Gasteiger partial charge < -0.3 is 9.71 Å². The minimum atomic E-state index is -0.0904. The Hall–Kier alpha value is -4.28. The Morgan fingerprint density at radius 3 is 2.30 bits per heavy atom. The average Bonchev–Trinajstić information content (AvgIpc) is 3.36. The Bertz CT molecular complexity index is 2020. The number of hydrogen-bond acceptors (Lipinski definition) is 3. The van der Waals surface area contributed by atoms with Crippen LogP contribution in [0.15, 0.2) is 109 Å². The van der Waals surface area contributed by atoms with Crippen molar-refractivity contribution in [2.24, 2.45) is 0 Å². The molecule has 5 aromatic carbocycles. The van der Waals surface area contributed by atoms with Gasteiger partial charge in [-0.05, 0) is 75.8 Å². The number of aryl methyl sites for hydroxylation is 1. The minimum absolute atomic E-state index is 0.0858. The number of nitrogens with zero attached hydrogens (tertiary/aromatic N) is 2. The lowest BCUT2D eigenvalue weighted by Crippen LogP contribution is -2.62. The molecular formula is C36H27BN2S. The van der Waals surface area contributed by atoms with Gasteiger partial charge in [0.25, 0.3) is 0 Å². The minimum Gasteiger partial charge on any atom is -0.376 e. The van der Waals surface area contributed by atoms with Crippen molar-refractivity contribution >= 4 is 66.9 Å². The highest BCUT2D eigenvalue weighted by atomic mass is 32.1. The van der Waals surface area contributed by atoms with Crippen molar-refractivity contribution in [3.8, 4) is 11.1 Å². The Morgan fingerprint density at radius 1 is 0.675 bits per heavy atom. The quantitative estimate of drug-likeness (QED) is 0.197. The summed E-state index contributed by atoms with van der Waals surface area (Å²) in [5.74, 6) is 0. The Balaban J connectivity index is 1.49. The molecule has 3 aliphatic heterocycles. The van der Waals surface area contributed by atoms with Crippen LogP contribution >= 0.6 is 11.3 Å². The van der Waals surface area contributed by atoms with Gasteiger partial charge in [0, 0.05) is 38.4 Å². The first-order valence-corrected chi connectivity index (χ1v) is 14.9. The molecule has 6 aromatic rings. The number of anilines is 5. The van der Waals surface area contributed by atoms with Crippen LogP contribution in [0.4, 0.5) is 27.8 Å². The van der Waals surface area contributed by atoms with E-state index in [1.54, 1.807) is 0 Å². The fourth-order valence-corrected chi connectivity index (χ4v) is 8.84. The Labute approximate surface area is 239 Å². The van der Waals surface area contributed by atoms with E-state index in [4.69, 9.17) is 0 Å². The van der Waals surface area contributed by atoms with Gasteiger partial charge in [-0.15, -0.1) is 11.3 Å². The normalized spacial score (nSPS) is 15.4. The number of hydrogen-bond donors (Lipinski definition) is 0. The largest absolute Gasteiger partial charge is 0.376 e. The Morgan fingerprint density at radius 2 is 1.43 bits per heavy atom. The molecule has 0 spiro atoms. The van der Waals surface area contributed by atoms with Gasteiger partial charge >= 0.3 is 6.85 Å². The van der Waals surface area contributed by atoms with Crippen LogP contribution in [0, 0.1) is 6.92 Å². The van der Waals surface area contributed by atoms with Crippen molar-refractivity contribution in [2.45, 2.75) is 26.2 Å². The molecule has 40 heavy (non-hydrogen) atoms. The molecule has 0 unspecified atom stereocenters. The summed E-state index contributed by atoms with van der Waals surface area (Å²) in [6.07, 6.45) is 0. The second-order valence-corrected chi connectivity index (χ2v) is 12.9. The highest BCUT2D eigenvalue weighted by Gasteiger charge is 2.50. The molecule has 0 saturated heterocycles. The molecule has 190 valence electrons. The second-order valence-electron chi connectivity index (χ2n) is 11.8. The number of fused-ring (bicyclic) bond motifs is 8. The van der Waals surface area contributed by atoms with Gasteiger partial charge in [-0.3, -0.25) is 0 Å². The van der Waals surface area contributed by atoms with E-state index in [1.165, 1.54) is 76.6 Å². The van der Waals surface area contributed by atoms with Crippen molar-refractivity contribution in [3.63, 3.8) is 0 Å². The lowest BCUT2D eigenvalue weighted by Gasteiger charge is -2.50. The van der Waals surface area contributed by atoms with Gasteiger partial charge in [0.2, 0.25) is 0 Å². The number of benzene rings is 5. The van der Waals surface area contributed by atoms with Crippen LogP contribution in [0.1, 0.15) is 30.5 Å². The maximum atomic E-state index is 2.69. The molecule has 9 rings (SSSR count). The molecule has 0 radical (unpaired) electrons. The van der Waals surface area contributed by atoms with Crippen LogP contribution in [0.5, 0.6) is 0 Å². The summed E-state index contributed by atoms with van der Waals surface area (Å²) in [7, 11) is 0. The lowest BCUT2D eigenvalue weighted by molar-refractivity contribution is 0.634.